The maximum absolute atomic E-state index is 13.6. The molecule has 31 heavy (non-hydrogen) atoms. The van der Waals surface area contributed by atoms with Crippen LogP contribution in [0.2, 0.25) is 0 Å². The van der Waals surface area contributed by atoms with Crippen LogP contribution in [0.5, 0.6) is 0 Å². The third-order valence-electron chi connectivity index (χ3n) is 5.29. The molecule has 11 heteroatoms. The number of phosphoric ester groups is 1. The van der Waals surface area contributed by atoms with Gasteiger partial charge in [-0.15, -0.1) is 0 Å². The van der Waals surface area contributed by atoms with Gasteiger partial charge in [0.15, 0.2) is 0 Å². The lowest BCUT2D eigenvalue weighted by Gasteiger charge is -2.29. The van der Waals surface area contributed by atoms with Crippen molar-refractivity contribution in [1.82, 2.24) is 9.55 Å². The summed E-state index contributed by atoms with van der Waals surface area (Å²) in [5.74, 6) is -1.11. The Morgan fingerprint density at radius 3 is 2.61 bits per heavy atom. The van der Waals surface area contributed by atoms with Gasteiger partial charge in [-0.25, -0.2) is 9.36 Å². The molecular formula is C20H24FN2O7P. The highest BCUT2D eigenvalue weighted by Gasteiger charge is 2.48. The summed E-state index contributed by atoms with van der Waals surface area (Å²) in [5, 5.41) is 0. The third-order valence-corrected chi connectivity index (χ3v) is 6.73. The number of hydrogen-bond donors (Lipinski definition) is 1. The monoisotopic (exact) mass is 454 g/mol. The minimum Gasteiger partial charge on any atom is -0.349 e. The quantitative estimate of drug-likeness (QED) is 0.708. The average Bonchev–Trinajstić information content (AvgIpc) is 3.11. The number of hydrogen-bond acceptors (Lipinski definition) is 7. The summed E-state index contributed by atoms with van der Waals surface area (Å²) in [7, 11) is -3.84. The van der Waals surface area contributed by atoms with Crippen molar-refractivity contribution < 1.29 is 27.3 Å². The summed E-state index contributed by atoms with van der Waals surface area (Å²) in [6.07, 6.45) is -1.28. The van der Waals surface area contributed by atoms with Crippen LogP contribution in [-0.4, -0.2) is 28.4 Å². The normalized spacial score (nSPS) is 28.5. The summed E-state index contributed by atoms with van der Waals surface area (Å²) in [6, 6.07) is 7.77. The summed E-state index contributed by atoms with van der Waals surface area (Å²) < 4.78 is 49.4. The van der Waals surface area contributed by atoms with Crippen LogP contribution in [0.15, 0.2) is 40.1 Å². The predicted molar refractivity (Wildman–Crippen MR) is 108 cm³/mol. The fourth-order valence-corrected chi connectivity index (χ4v) is 4.88. The van der Waals surface area contributed by atoms with E-state index in [4.69, 9.17) is 18.3 Å². The molecule has 9 nitrogen and oxygen atoms in total. The molecule has 1 aromatic heterocycles. The SMILES string of the molecule is CC(C)(C)c1ccc(COP2(=O)OC[C@H]3O[C@@H](n4cc(F)c(=O)[nH]c4=O)C[C@@H]3O2)cc1. The molecule has 2 aliphatic heterocycles. The first-order valence-corrected chi connectivity index (χ1v) is 11.3. The van der Waals surface area contributed by atoms with Gasteiger partial charge in [0.1, 0.15) is 18.4 Å². The number of ether oxygens (including phenoxy) is 1. The Balaban J connectivity index is 1.40. The summed E-state index contributed by atoms with van der Waals surface area (Å²) in [5.41, 5.74) is 0.0815. The van der Waals surface area contributed by atoms with Gasteiger partial charge in [-0.1, -0.05) is 45.0 Å². The number of phosphoric acid groups is 1. The van der Waals surface area contributed by atoms with Gasteiger partial charge in [0, 0.05) is 6.42 Å². The Morgan fingerprint density at radius 1 is 1.23 bits per heavy atom. The highest BCUT2D eigenvalue weighted by molar-refractivity contribution is 7.48. The Morgan fingerprint density at radius 2 is 1.94 bits per heavy atom. The van der Waals surface area contributed by atoms with Crippen molar-refractivity contribution in [2.24, 2.45) is 0 Å². The van der Waals surface area contributed by atoms with E-state index in [1.165, 1.54) is 5.56 Å². The molecule has 2 aromatic rings. The van der Waals surface area contributed by atoms with E-state index in [2.05, 4.69) is 20.8 Å². The number of aromatic amines is 1. The second-order valence-corrected chi connectivity index (χ2v) is 10.2. The molecule has 0 aliphatic carbocycles. The average molecular weight is 454 g/mol. The smallest absolute Gasteiger partial charge is 0.349 e. The fraction of sp³-hybridized carbons (Fsp3) is 0.500. The Kier molecular flexibility index (Phi) is 5.78. The molecule has 2 saturated heterocycles. The zero-order valence-electron chi connectivity index (χ0n) is 17.4. The number of aromatic nitrogens is 2. The van der Waals surface area contributed by atoms with Gasteiger partial charge in [0.25, 0.3) is 5.56 Å². The molecular weight excluding hydrogens is 430 g/mol. The molecule has 4 atom stereocenters. The summed E-state index contributed by atoms with van der Waals surface area (Å²) >= 11 is 0. The van der Waals surface area contributed by atoms with Crippen molar-refractivity contribution in [2.75, 3.05) is 6.61 Å². The van der Waals surface area contributed by atoms with E-state index in [0.717, 1.165) is 16.3 Å². The number of fused-ring (bicyclic) bond motifs is 1. The topological polar surface area (TPSA) is 109 Å². The molecule has 0 amide bonds. The van der Waals surface area contributed by atoms with E-state index in [-0.39, 0.29) is 25.0 Å². The van der Waals surface area contributed by atoms with E-state index in [0.29, 0.717) is 0 Å². The van der Waals surface area contributed by atoms with E-state index < -0.39 is 43.3 Å². The van der Waals surface area contributed by atoms with Crippen molar-refractivity contribution in [3.63, 3.8) is 0 Å². The lowest BCUT2D eigenvalue weighted by Crippen LogP contribution is -2.34. The molecule has 3 heterocycles. The molecule has 1 aromatic carbocycles. The standard InChI is InChI=1S/C20H24FN2O7P/c1-20(2,3)13-6-4-12(5-7-13)10-27-31(26)28-11-16-15(30-31)8-17(29-16)23-9-14(21)18(24)22-19(23)25/h4-7,9,15-17H,8,10-11H2,1-3H3,(H,22,24,25)/t15-,16+,17+,31?/m0/s1. The van der Waals surface area contributed by atoms with Crippen LogP contribution in [0.4, 0.5) is 4.39 Å². The van der Waals surface area contributed by atoms with Crippen molar-refractivity contribution >= 4 is 7.82 Å². The number of nitrogens with one attached hydrogen (secondary N) is 1. The lowest BCUT2D eigenvalue weighted by atomic mass is 9.87. The van der Waals surface area contributed by atoms with Crippen LogP contribution in [0.3, 0.4) is 0 Å². The molecule has 2 fully saturated rings. The van der Waals surface area contributed by atoms with Gasteiger partial charge in [0.05, 0.1) is 19.4 Å². The number of halogens is 1. The highest BCUT2D eigenvalue weighted by atomic mass is 31.2. The van der Waals surface area contributed by atoms with E-state index in [1.54, 1.807) is 0 Å². The van der Waals surface area contributed by atoms with E-state index in [1.807, 2.05) is 29.2 Å². The predicted octanol–water partition coefficient (Wildman–Crippen LogP) is 3.00. The maximum atomic E-state index is 13.6. The van der Waals surface area contributed by atoms with Gasteiger partial charge in [-0.3, -0.25) is 27.9 Å². The van der Waals surface area contributed by atoms with Crippen LogP contribution in [-0.2, 0) is 34.9 Å². The number of nitrogens with zero attached hydrogens (tertiary/aromatic N) is 1. The van der Waals surface area contributed by atoms with Crippen LogP contribution in [0.25, 0.3) is 0 Å². The molecule has 1 unspecified atom stereocenters. The van der Waals surface area contributed by atoms with Gasteiger partial charge < -0.3 is 4.74 Å². The minimum absolute atomic E-state index is 0.0203. The lowest BCUT2D eigenvalue weighted by molar-refractivity contribution is -0.0731. The first-order valence-electron chi connectivity index (χ1n) is 9.87. The van der Waals surface area contributed by atoms with Gasteiger partial charge in [-0.2, -0.15) is 4.39 Å². The van der Waals surface area contributed by atoms with E-state index in [9.17, 15) is 18.5 Å². The summed E-state index contributed by atoms with van der Waals surface area (Å²) in [4.78, 5) is 25.1. The number of benzene rings is 1. The Hall–Kier alpha value is -2.10. The highest BCUT2D eigenvalue weighted by Crippen LogP contribution is 2.57. The van der Waals surface area contributed by atoms with Crippen LogP contribution in [0.1, 0.15) is 44.5 Å². The fourth-order valence-electron chi connectivity index (χ4n) is 3.49. The first kappa shape index (κ1) is 22.1. The minimum atomic E-state index is -3.84. The molecule has 0 bridgehead atoms. The zero-order valence-corrected chi connectivity index (χ0v) is 18.3. The van der Waals surface area contributed by atoms with E-state index >= 15 is 0 Å². The molecule has 4 rings (SSSR count). The second-order valence-electron chi connectivity index (χ2n) is 8.62. The Bertz CT molecular complexity index is 1120. The zero-order chi connectivity index (χ0) is 22.4. The molecule has 0 saturated carbocycles. The van der Waals surface area contributed by atoms with Crippen LogP contribution >= 0.6 is 7.82 Å². The van der Waals surface area contributed by atoms with Crippen molar-refractivity contribution in [1.29, 1.82) is 0 Å². The molecule has 168 valence electrons. The first-order chi connectivity index (χ1) is 14.5. The molecule has 1 N–H and O–H groups in total. The molecule has 2 aliphatic rings. The number of H-pyrrole nitrogens is 1. The maximum Gasteiger partial charge on any atom is 0.475 e. The van der Waals surface area contributed by atoms with Gasteiger partial charge in [0.2, 0.25) is 5.82 Å². The van der Waals surface area contributed by atoms with Crippen molar-refractivity contribution in [3.05, 3.63) is 68.2 Å². The molecule has 0 spiro atoms. The van der Waals surface area contributed by atoms with Crippen LogP contribution in [0, 0.1) is 5.82 Å². The van der Waals surface area contributed by atoms with Crippen molar-refractivity contribution in [2.45, 2.75) is 57.6 Å². The largest absolute Gasteiger partial charge is 0.475 e. The van der Waals surface area contributed by atoms with Crippen molar-refractivity contribution in [3.8, 4) is 0 Å². The second kappa shape index (κ2) is 8.11. The third kappa shape index (κ3) is 4.73. The molecule has 0 radical (unpaired) electrons. The van der Waals surface area contributed by atoms with Gasteiger partial charge >= 0.3 is 13.5 Å². The van der Waals surface area contributed by atoms with Crippen LogP contribution < -0.4 is 11.2 Å². The Labute approximate surface area is 177 Å². The van der Waals surface area contributed by atoms with Gasteiger partial charge in [-0.05, 0) is 16.5 Å². The number of rotatable bonds is 4. The summed E-state index contributed by atoms with van der Waals surface area (Å²) in [6.45, 7) is 6.31.